The van der Waals surface area contributed by atoms with Gasteiger partial charge in [0, 0.05) is 80.8 Å². The molecule has 8 aromatic carbocycles. The number of hydrogen-bond donors (Lipinski definition) is 0. The quantitative estimate of drug-likeness (QED) is 0.140. The third kappa shape index (κ3) is 10.3. The summed E-state index contributed by atoms with van der Waals surface area (Å²) in [5.74, 6) is 0. The van der Waals surface area contributed by atoms with Gasteiger partial charge < -0.3 is 9.80 Å². The van der Waals surface area contributed by atoms with E-state index in [1.807, 2.05) is 46.2 Å². The van der Waals surface area contributed by atoms with Crippen molar-refractivity contribution in [3.8, 4) is 0 Å². The Balaban J connectivity index is 0.765. The van der Waals surface area contributed by atoms with Gasteiger partial charge in [-0.2, -0.15) is 9.13 Å². The Morgan fingerprint density at radius 3 is 1.21 bits per heavy atom. The van der Waals surface area contributed by atoms with Gasteiger partial charge in [-0.1, -0.05) is 216 Å². The summed E-state index contributed by atoms with van der Waals surface area (Å²) in [5.41, 5.74) is 10.1. The van der Waals surface area contributed by atoms with Gasteiger partial charge in [-0.15, -0.1) is 0 Å². The monoisotopic (exact) mass is 1210 g/mol. The van der Waals surface area contributed by atoms with Crippen molar-refractivity contribution in [3.05, 3.63) is 234 Å². The number of allylic oxidation sites excluding steroid dienone is 12. The summed E-state index contributed by atoms with van der Waals surface area (Å²) in [6.45, 7) is 3.87. The molecule has 15 rings (SSSR count). The fourth-order valence-electron chi connectivity index (χ4n) is 13.2. The molecular formula is C74H64Cl2N4S4+2. The van der Waals surface area contributed by atoms with E-state index in [0.717, 1.165) is 113 Å². The van der Waals surface area contributed by atoms with E-state index in [9.17, 15) is 0 Å². The number of fused-ring (bicyclic) bond motifs is 22. The fraction of sp³-hybridized carbons (Fsp3) is 0.216. The molecule has 0 amide bonds. The van der Waals surface area contributed by atoms with Crippen molar-refractivity contribution in [2.75, 3.05) is 22.9 Å². The Bertz CT molecular complexity index is 4280. The van der Waals surface area contributed by atoms with Crippen molar-refractivity contribution in [1.29, 1.82) is 0 Å². The summed E-state index contributed by atoms with van der Waals surface area (Å²) < 4.78 is 7.85. The fourth-order valence-corrected chi connectivity index (χ4v) is 18.8. The Morgan fingerprint density at radius 1 is 0.369 bits per heavy atom. The summed E-state index contributed by atoms with van der Waals surface area (Å²) in [6, 6.07) is 53.9. The first-order chi connectivity index (χ1) is 41.5. The van der Waals surface area contributed by atoms with Crippen LogP contribution in [0.4, 0.5) is 11.4 Å². The van der Waals surface area contributed by atoms with E-state index < -0.39 is 0 Å². The Morgan fingerprint density at radius 2 is 0.762 bits per heavy atom. The third-order valence-corrected chi connectivity index (χ3v) is 23.4. The maximum absolute atomic E-state index is 7.43. The van der Waals surface area contributed by atoms with Crippen LogP contribution in [0.15, 0.2) is 234 Å². The highest BCUT2D eigenvalue weighted by molar-refractivity contribution is 8.04. The highest BCUT2D eigenvalue weighted by Crippen LogP contribution is 2.52. The van der Waals surface area contributed by atoms with Crippen molar-refractivity contribution in [2.24, 2.45) is 0 Å². The molecule has 0 spiro atoms. The molecule has 5 aliphatic rings. The van der Waals surface area contributed by atoms with E-state index >= 15 is 0 Å². The van der Waals surface area contributed by atoms with Crippen LogP contribution in [0.25, 0.3) is 75.7 Å². The van der Waals surface area contributed by atoms with E-state index in [1.165, 1.54) is 127 Å². The molecule has 5 heterocycles. The lowest BCUT2D eigenvalue weighted by Crippen LogP contribution is -2.35. The summed E-state index contributed by atoms with van der Waals surface area (Å²) in [4.78, 5) is 7.85. The number of halogens is 2. The zero-order valence-electron chi connectivity index (χ0n) is 47.0. The molecule has 3 aliphatic heterocycles. The summed E-state index contributed by atoms with van der Waals surface area (Å²) >= 11 is 22.5. The first-order valence-electron chi connectivity index (χ1n) is 30.1. The molecule has 0 saturated heterocycles. The van der Waals surface area contributed by atoms with E-state index in [-0.39, 0.29) is 0 Å². The standard InChI is InChI=1S/C74H64Cl2N4S4/c75-69-53-25-26-55(69)35-43-67-79(63-39-31-51-19-7-11-23-59(51)73(63)83-67)47-15-3-4-16-48-80-64-40-32-52-20-8-12-24-60(52)74(64)84-68(80)44-36-56-28-27-54(70(56)76)34-42-66-78(62-38-30-50-18-6-10-22-58(50)72(62)82-66)46-14-2-1-13-45-77-61-37-29-49-17-5-9-21-57(49)71(61)81-65(77)41-33-53/h5-12,17-24,29-44H,1-4,13-16,25-28,45-48H2/q+2. The van der Waals surface area contributed by atoms with Crippen molar-refractivity contribution < 1.29 is 9.13 Å². The second-order valence-corrected chi connectivity index (χ2v) is 27.7. The highest BCUT2D eigenvalue weighted by Gasteiger charge is 2.30. The van der Waals surface area contributed by atoms with Crippen LogP contribution in [0.5, 0.6) is 0 Å². The van der Waals surface area contributed by atoms with E-state index in [0.29, 0.717) is 0 Å². The number of rotatable bonds is 0. The average molecular weight is 1210 g/mol. The van der Waals surface area contributed by atoms with Crippen LogP contribution in [-0.4, -0.2) is 13.1 Å². The molecule has 10 heteroatoms. The van der Waals surface area contributed by atoms with Crippen LogP contribution in [0, 0.1) is 0 Å². The number of hydrogen-bond acceptors (Lipinski definition) is 6. The number of aromatic nitrogens is 2. The normalized spacial score (nSPS) is 17.8. The van der Waals surface area contributed by atoms with Gasteiger partial charge in [0.1, 0.15) is 9.40 Å². The van der Waals surface area contributed by atoms with Crippen LogP contribution in [0.3, 0.4) is 0 Å². The van der Waals surface area contributed by atoms with Gasteiger partial charge in [-0.25, -0.2) is 0 Å². The largest absolute Gasteiger partial charge is 0.335 e. The van der Waals surface area contributed by atoms with Crippen molar-refractivity contribution in [1.82, 2.24) is 0 Å². The predicted octanol–water partition coefficient (Wildman–Crippen LogP) is 21.5. The zero-order valence-corrected chi connectivity index (χ0v) is 51.7. The van der Waals surface area contributed by atoms with Crippen LogP contribution >= 0.6 is 69.4 Å². The lowest BCUT2D eigenvalue weighted by molar-refractivity contribution is -0.670. The van der Waals surface area contributed by atoms with Crippen molar-refractivity contribution in [2.45, 2.75) is 99.9 Å². The maximum atomic E-state index is 7.43. The van der Waals surface area contributed by atoms with Crippen molar-refractivity contribution >= 4 is 156 Å². The minimum Gasteiger partial charge on any atom is -0.335 e. The van der Waals surface area contributed by atoms with Gasteiger partial charge in [-0.05, 0) is 142 Å². The van der Waals surface area contributed by atoms with Gasteiger partial charge in [0.2, 0.25) is 11.0 Å². The predicted molar refractivity (Wildman–Crippen MR) is 365 cm³/mol. The number of aryl methyl sites for hydroxylation is 2. The van der Waals surface area contributed by atoms with Gasteiger partial charge in [0.15, 0.2) is 13.1 Å². The summed E-state index contributed by atoms with van der Waals surface area (Å²) in [7, 11) is 0. The Labute approximate surface area is 518 Å². The molecule has 84 heavy (non-hydrogen) atoms. The number of thioether (sulfide) groups is 2. The molecule has 0 fully saturated rings. The van der Waals surface area contributed by atoms with Crippen LogP contribution < -0.4 is 18.9 Å². The zero-order chi connectivity index (χ0) is 56.1. The van der Waals surface area contributed by atoms with Gasteiger partial charge in [0.25, 0.3) is 10.0 Å². The Kier molecular flexibility index (Phi) is 15.2. The lowest BCUT2D eigenvalue weighted by Gasteiger charge is -2.22. The number of thiazole rings is 2. The first-order valence-corrected chi connectivity index (χ1v) is 34.1. The number of anilines is 2. The van der Waals surface area contributed by atoms with Gasteiger partial charge >= 0.3 is 0 Å². The topological polar surface area (TPSA) is 14.2 Å². The number of nitrogens with zero attached hydrogens (tertiary/aromatic N) is 4. The Hall–Kier alpha value is -6.62. The molecule has 416 valence electrons. The molecule has 2 aromatic heterocycles. The molecule has 10 aromatic rings. The minimum absolute atomic E-state index is 0.897. The molecule has 0 N–H and O–H groups in total. The van der Waals surface area contributed by atoms with Crippen molar-refractivity contribution in [3.63, 3.8) is 0 Å². The molecule has 0 radical (unpaired) electrons. The molecular weight excluding hydrogens is 1140 g/mol. The minimum atomic E-state index is 0.897. The average Bonchev–Trinajstić information content (AvgIpc) is 4.54. The molecule has 2 aliphatic carbocycles. The maximum Gasteiger partial charge on any atom is 0.262 e. The van der Waals surface area contributed by atoms with E-state index in [1.54, 1.807) is 0 Å². The SMILES string of the molecule is ClC1=C2C=Cc3sc4c5ccccc5ccc4[n+]3CCCCCC[n+]3c(sc4c5ccccc5ccc43)C=CC3=C(Cl)C(=CC=C4Sc5c(ccc6ccccc56)N4CCCCCCN4C(=CC=C1CC2)Sc1c4ccc2ccccc12)CC3. The second kappa shape index (κ2) is 23.7. The van der Waals surface area contributed by atoms with Crippen LogP contribution in [0.1, 0.15) is 87.1 Å². The molecule has 4 nitrogen and oxygen atoms in total. The third-order valence-electron chi connectivity index (χ3n) is 17.7. The number of benzene rings is 8. The second-order valence-electron chi connectivity index (χ2n) is 22.8. The highest BCUT2D eigenvalue weighted by atomic mass is 35.5. The molecule has 0 atom stereocenters. The molecule has 0 saturated carbocycles. The summed E-state index contributed by atoms with van der Waals surface area (Å²) in [5, 5.41) is 17.3. The van der Waals surface area contributed by atoms with Crippen LogP contribution in [-0.2, 0) is 13.1 Å². The molecule has 0 unspecified atom stereocenters. The van der Waals surface area contributed by atoms with Gasteiger partial charge in [0.05, 0.1) is 21.4 Å². The smallest absolute Gasteiger partial charge is 0.262 e. The van der Waals surface area contributed by atoms with Gasteiger partial charge in [-0.3, -0.25) is 0 Å². The lowest BCUT2D eigenvalue weighted by atomic mass is 10.1. The van der Waals surface area contributed by atoms with E-state index in [4.69, 9.17) is 23.2 Å². The molecule has 4 bridgehead atoms. The van der Waals surface area contributed by atoms with Crippen LogP contribution in [0.2, 0.25) is 0 Å². The summed E-state index contributed by atoms with van der Waals surface area (Å²) in [6.07, 6.45) is 31.5. The van der Waals surface area contributed by atoms with E-state index in [2.05, 4.69) is 213 Å². The first kappa shape index (κ1) is 54.1.